The van der Waals surface area contributed by atoms with Gasteiger partial charge < -0.3 is 10.2 Å². The summed E-state index contributed by atoms with van der Waals surface area (Å²) < 4.78 is 0. The molecule has 1 aromatic carbocycles. The molecule has 0 saturated carbocycles. The average Bonchev–Trinajstić information content (AvgIpc) is 2.20. The van der Waals surface area contributed by atoms with Crippen LogP contribution in [0.4, 0.5) is 0 Å². The lowest BCUT2D eigenvalue weighted by molar-refractivity contribution is -0.141. The van der Waals surface area contributed by atoms with E-state index in [0.29, 0.717) is 0 Å². The molecule has 1 aromatic rings. The number of hydrogen-bond donors (Lipinski definition) is 2. The highest BCUT2D eigenvalue weighted by molar-refractivity contribution is 5.77. The number of aliphatic carboxylic acids is 1. The topological polar surface area (TPSA) is 57.5 Å². The summed E-state index contributed by atoms with van der Waals surface area (Å²) in [5.74, 6) is -1.84. The minimum absolute atomic E-state index is 0.307. The predicted molar refractivity (Wildman–Crippen MR) is 62.4 cm³/mol. The maximum Gasteiger partial charge on any atom is 0.311 e. The van der Waals surface area contributed by atoms with Gasteiger partial charge in [0, 0.05) is 0 Å². The fraction of sp³-hybridized carbons (Fsp3) is 0.462. The van der Waals surface area contributed by atoms with Crippen molar-refractivity contribution in [3.8, 4) is 0 Å². The van der Waals surface area contributed by atoms with Crippen LogP contribution in [0.3, 0.4) is 0 Å². The molecule has 16 heavy (non-hydrogen) atoms. The Hall–Kier alpha value is -1.35. The predicted octanol–water partition coefficient (Wildman–Crippen LogP) is 2.18. The maximum absolute atomic E-state index is 11.3. The van der Waals surface area contributed by atoms with Crippen LogP contribution in [0, 0.1) is 12.8 Å². The first-order valence-electron chi connectivity index (χ1n) is 5.41. The zero-order chi connectivity index (χ0) is 12.3. The van der Waals surface area contributed by atoms with Gasteiger partial charge in [0.25, 0.3) is 0 Å². The lowest BCUT2D eigenvalue weighted by Crippen LogP contribution is -2.27. The van der Waals surface area contributed by atoms with E-state index in [1.807, 2.05) is 31.2 Å². The Bertz CT molecular complexity index is 371. The number of rotatable bonds is 4. The Morgan fingerprint density at radius 2 is 1.81 bits per heavy atom. The molecule has 3 atom stereocenters. The molecule has 0 bridgehead atoms. The standard InChI is InChI=1S/C13H18O3/c1-8-6-4-5-7-11(8)12(13(15)16)9(2)10(3)14/h4-7,9-10,12,14H,1-3H3,(H,15,16). The molecule has 3 unspecified atom stereocenters. The number of benzene rings is 1. The number of aryl methyl sites for hydroxylation is 1. The molecule has 0 aromatic heterocycles. The van der Waals surface area contributed by atoms with Crippen molar-refractivity contribution in [3.05, 3.63) is 35.4 Å². The number of aliphatic hydroxyl groups is 1. The molecule has 0 heterocycles. The summed E-state index contributed by atoms with van der Waals surface area (Å²) in [5.41, 5.74) is 1.73. The summed E-state index contributed by atoms with van der Waals surface area (Å²) in [6, 6.07) is 7.41. The Labute approximate surface area is 95.7 Å². The Kier molecular flexibility index (Phi) is 4.07. The van der Waals surface area contributed by atoms with E-state index < -0.39 is 18.0 Å². The van der Waals surface area contributed by atoms with Gasteiger partial charge >= 0.3 is 5.97 Å². The van der Waals surface area contributed by atoms with E-state index in [9.17, 15) is 15.0 Å². The van der Waals surface area contributed by atoms with E-state index in [0.717, 1.165) is 11.1 Å². The van der Waals surface area contributed by atoms with E-state index in [1.54, 1.807) is 13.8 Å². The van der Waals surface area contributed by atoms with Gasteiger partial charge in [-0.3, -0.25) is 4.79 Å². The molecule has 3 heteroatoms. The molecule has 2 N–H and O–H groups in total. The molecule has 1 rings (SSSR count). The molecular formula is C13H18O3. The largest absolute Gasteiger partial charge is 0.481 e. The van der Waals surface area contributed by atoms with Crippen molar-refractivity contribution >= 4 is 5.97 Å². The molecule has 88 valence electrons. The first kappa shape index (κ1) is 12.7. The van der Waals surface area contributed by atoms with Crippen LogP contribution < -0.4 is 0 Å². The maximum atomic E-state index is 11.3. The summed E-state index contributed by atoms with van der Waals surface area (Å²) in [4.78, 5) is 11.3. The molecule has 0 aliphatic carbocycles. The molecule has 0 radical (unpaired) electrons. The van der Waals surface area contributed by atoms with E-state index in [-0.39, 0.29) is 5.92 Å². The fourth-order valence-electron chi connectivity index (χ4n) is 1.86. The Morgan fingerprint density at radius 3 is 2.25 bits per heavy atom. The first-order chi connectivity index (χ1) is 7.45. The van der Waals surface area contributed by atoms with Gasteiger partial charge in [-0.2, -0.15) is 0 Å². The number of carboxylic acid groups (broad SMARTS) is 1. The van der Waals surface area contributed by atoms with Crippen molar-refractivity contribution in [1.82, 2.24) is 0 Å². The van der Waals surface area contributed by atoms with Gasteiger partial charge in [-0.1, -0.05) is 31.2 Å². The number of carbonyl (C=O) groups is 1. The van der Waals surface area contributed by atoms with Crippen LogP contribution >= 0.6 is 0 Å². The first-order valence-corrected chi connectivity index (χ1v) is 5.41. The van der Waals surface area contributed by atoms with Crippen LogP contribution in [-0.2, 0) is 4.79 Å². The number of carboxylic acids is 1. The van der Waals surface area contributed by atoms with Crippen LogP contribution in [0.2, 0.25) is 0 Å². The molecule has 0 aliphatic heterocycles. The van der Waals surface area contributed by atoms with Crippen molar-refractivity contribution in [1.29, 1.82) is 0 Å². The van der Waals surface area contributed by atoms with Crippen molar-refractivity contribution in [2.75, 3.05) is 0 Å². The zero-order valence-corrected chi connectivity index (χ0v) is 9.84. The third-order valence-corrected chi connectivity index (χ3v) is 3.08. The quantitative estimate of drug-likeness (QED) is 0.821. The highest BCUT2D eigenvalue weighted by Crippen LogP contribution is 2.29. The SMILES string of the molecule is Cc1ccccc1C(C(=O)O)C(C)C(C)O. The Balaban J connectivity index is 3.13. The second-order valence-corrected chi connectivity index (χ2v) is 4.27. The van der Waals surface area contributed by atoms with Gasteiger partial charge in [0.15, 0.2) is 0 Å². The van der Waals surface area contributed by atoms with Crippen molar-refractivity contribution in [2.24, 2.45) is 5.92 Å². The van der Waals surface area contributed by atoms with Gasteiger partial charge in [-0.15, -0.1) is 0 Å². The minimum Gasteiger partial charge on any atom is -0.481 e. The second kappa shape index (κ2) is 5.12. The molecule has 0 fully saturated rings. The number of aliphatic hydroxyl groups excluding tert-OH is 1. The average molecular weight is 222 g/mol. The minimum atomic E-state index is -0.886. The summed E-state index contributed by atoms with van der Waals surface area (Å²) in [7, 11) is 0. The zero-order valence-electron chi connectivity index (χ0n) is 9.84. The van der Waals surface area contributed by atoms with Gasteiger partial charge in [-0.25, -0.2) is 0 Å². The van der Waals surface area contributed by atoms with Crippen LogP contribution in [-0.4, -0.2) is 22.3 Å². The third kappa shape index (κ3) is 2.61. The van der Waals surface area contributed by atoms with Gasteiger partial charge in [0.2, 0.25) is 0 Å². The fourth-order valence-corrected chi connectivity index (χ4v) is 1.86. The molecule has 3 nitrogen and oxygen atoms in total. The second-order valence-electron chi connectivity index (χ2n) is 4.27. The molecule has 0 amide bonds. The summed E-state index contributed by atoms with van der Waals surface area (Å²) in [5, 5.41) is 18.8. The van der Waals surface area contributed by atoms with Crippen LogP contribution in [0.25, 0.3) is 0 Å². The molecule has 0 saturated heterocycles. The lowest BCUT2D eigenvalue weighted by Gasteiger charge is -2.24. The number of hydrogen-bond acceptors (Lipinski definition) is 2. The highest BCUT2D eigenvalue weighted by atomic mass is 16.4. The van der Waals surface area contributed by atoms with Crippen LogP contribution in [0.15, 0.2) is 24.3 Å². The van der Waals surface area contributed by atoms with Crippen molar-refractivity contribution in [2.45, 2.75) is 32.8 Å². The van der Waals surface area contributed by atoms with E-state index >= 15 is 0 Å². The van der Waals surface area contributed by atoms with Crippen LogP contribution in [0.5, 0.6) is 0 Å². The molecule has 0 aliphatic rings. The van der Waals surface area contributed by atoms with E-state index in [1.165, 1.54) is 0 Å². The third-order valence-electron chi connectivity index (χ3n) is 3.08. The molecular weight excluding hydrogens is 204 g/mol. The van der Waals surface area contributed by atoms with E-state index in [4.69, 9.17) is 0 Å². The smallest absolute Gasteiger partial charge is 0.311 e. The monoisotopic (exact) mass is 222 g/mol. The summed E-state index contributed by atoms with van der Waals surface area (Å²) in [6.07, 6.45) is -0.638. The summed E-state index contributed by atoms with van der Waals surface area (Å²) in [6.45, 7) is 5.27. The van der Waals surface area contributed by atoms with Gasteiger partial charge in [0.1, 0.15) is 0 Å². The summed E-state index contributed by atoms with van der Waals surface area (Å²) >= 11 is 0. The van der Waals surface area contributed by atoms with Crippen molar-refractivity contribution < 1.29 is 15.0 Å². The lowest BCUT2D eigenvalue weighted by atomic mass is 9.82. The van der Waals surface area contributed by atoms with Crippen LogP contribution in [0.1, 0.15) is 30.9 Å². The van der Waals surface area contributed by atoms with Gasteiger partial charge in [-0.05, 0) is 30.9 Å². The normalized spacial score (nSPS) is 16.5. The van der Waals surface area contributed by atoms with Crippen molar-refractivity contribution in [3.63, 3.8) is 0 Å². The van der Waals surface area contributed by atoms with E-state index in [2.05, 4.69) is 0 Å². The molecule has 0 spiro atoms. The Morgan fingerprint density at radius 1 is 1.25 bits per heavy atom. The highest BCUT2D eigenvalue weighted by Gasteiger charge is 2.30. The van der Waals surface area contributed by atoms with Gasteiger partial charge in [0.05, 0.1) is 12.0 Å².